The number of carbonyl (C=O) groups excluding carboxylic acids is 2. The second-order valence-electron chi connectivity index (χ2n) is 4.51. The van der Waals surface area contributed by atoms with E-state index >= 15 is 0 Å². The number of imide groups is 1. The Morgan fingerprint density at radius 3 is 2.41 bits per heavy atom. The van der Waals surface area contributed by atoms with Crippen molar-refractivity contribution < 1.29 is 9.59 Å². The van der Waals surface area contributed by atoms with Gasteiger partial charge in [-0.25, -0.2) is 4.79 Å². The maximum atomic E-state index is 12.2. The monoisotopic (exact) mass is 230 g/mol. The number of nitrogens with zero attached hydrogens (tertiary/aromatic N) is 2. The van der Waals surface area contributed by atoms with E-state index < -0.39 is 0 Å². The van der Waals surface area contributed by atoms with E-state index in [2.05, 4.69) is 0 Å². The van der Waals surface area contributed by atoms with Crippen LogP contribution in [0.25, 0.3) is 0 Å². The maximum absolute atomic E-state index is 12.2. The van der Waals surface area contributed by atoms with Crippen molar-refractivity contribution in [1.82, 2.24) is 4.90 Å². The van der Waals surface area contributed by atoms with Gasteiger partial charge in [0.1, 0.15) is 0 Å². The van der Waals surface area contributed by atoms with Gasteiger partial charge in [0.05, 0.1) is 0 Å². The fourth-order valence-electron chi connectivity index (χ4n) is 2.20. The predicted molar refractivity (Wildman–Crippen MR) is 63.7 cm³/mol. The Labute approximate surface area is 99.8 Å². The molecular formula is C13H14N2O2. The summed E-state index contributed by atoms with van der Waals surface area (Å²) in [6.07, 6.45) is 2.34. The van der Waals surface area contributed by atoms with Crippen LogP contribution in [0.15, 0.2) is 30.3 Å². The second kappa shape index (κ2) is 3.87. The van der Waals surface area contributed by atoms with Crippen molar-refractivity contribution in [3.63, 3.8) is 0 Å². The summed E-state index contributed by atoms with van der Waals surface area (Å²) in [6.45, 7) is 0.491. The van der Waals surface area contributed by atoms with Gasteiger partial charge in [0.15, 0.2) is 0 Å². The lowest BCUT2D eigenvalue weighted by Crippen LogP contribution is -2.53. The van der Waals surface area contributed by atoms with Crippen LogP contribution in [-0.2, 0) is 4.79 Å². The van der Waals surface area contributed by atoms with Crippen LogP contribution < -0.4 is 4.90 Å². The molecule has 1 aliphatic heterocycles. The Hall–Kier alpha value is -1.84. The lowest BCUT2D eigenvalue weighted by atomic mass is 10.2. The maximum Gasteiger partial charge on any atom is 0.331 e. The van der Waals surface area contributed by atoms with Crippen LogP contribution in [0, 0.1) is 0 Å². The SMILES string of the molecule is O=C1CCN(c2ccccc2)C(=O)N1C1CC1. The van der Waals surface area contributed by atoms with Crippen LogP contribution in [0.3, 0.4) is 0 Å². The molecule has 1 aromatic rings. The first-order valence-electron chi connectivity index (χ1n) is 5.96. The first-order chi connectivity index (χ1) is 8.27. The highest BCUT2D eigenvalue weighted by molar-refractivity contribution is 6.06. The molecule has 17 heavy (non-hydrogen) atoms. The van der Waals surface area contributed by atoms with Gasteiger partial charge >= 0.3 is 6.03 Å². The minimum atomic E-state index is -0.157. The standard InChI is InChI=1S/C13H14N2O2/c16-12-8-9-14(10-4-2-1-3-5-10)13(17)15(12)11-6-7-11/h1-5,11H,6-9H2. The van der Waals surface area contributed by atoms with Crippen molar-refractivity contribution in [2.75, 3.05) is 11.4 Å². The van der Waals surface area contributed by atoms with E-state index in [4.69, 9.17) is 0 Å². The largest absolute Gasteiger partial charge is 0.331 e. The molecule has 2 aliphatic rings. The van der Waals surface area contributed by atoms with Crippen molar-refractivity contribution in [3.05, 3.63) is 30.3 Å². The Morgan fingerprint density at radius 2 is 1.76 bits per heavy atom. The Kier molecular flexibility index (Phi) is 2.35. The van der Waals surface area contributed by atoms with E-state index in [1.807, 2.05) is 30.3 Å². The second-order valence-corrected chi connectivity index (χ2v) is 4.51. The normalized spacial score (nSPS) is 20.9. The number of anilines is 1. The van der Waals surface area contributed by atoms with E-state index in [9.17, 15) is 9.59 Å². The van der Waals surface area contributed by atoms with Crippen LogP contribution in [0.4, 0.5) is 10.5 Å². The number of para-hydroxylation sites is 1. The van der Waals surface area contributed by atoms with Gasteiger partial charge in [-0.2, -0.15) is 0 Å². The zero-order valence-corrected chi connectivity index (χ0v) is 9.50. The summed E-state index contributed by atoms with van der Waals surface area (Å²) in [5.74, 6) is -0.0234. The molecule has 1 heterocycles. The molecule has 0 radical (unpaired) electrons. The summed E-state index contributed by atoms with van der Waals surface area (Å²) >= 11 is 0. The van der Waals surface area contributed by atoms with Crippen LogP contribution in [-0.4, -0.2) is 29.4 Å². The van der Waals surface area contributed by atoms with Crippen LogP contribution in [0.5, 0.6) is 0 Å². The Morgan fingerprint density at radius 1 is 1.06 bits per heavy atom. The van der Waals surface area contributed by atoms with Gasteiger partial charge in [-0.15, -0.1) is 0 Å². The quantitative estimate of drug-likeness (QED) is 0.779. The van der Waals surface area contributed by atoms with Gasteiger partial charge < -0.3 is 0 Å². The van der Waals surface area contributed by atoms with Gasteiger partial charge in [0, 0.05) is 24.7 Å². The number of benzene rings is 1. The number of urea groups is 1. The average Bonchev–Trinajstić information content (AvgIpc) is 3.15. The minimum absolute atomic E-state index is 0.0234. The Balaban J connectivity index is 1.87. The molecule has 3 rings (SSSR count). The fraction of sp³-hybridized carbons (Fsp3) is 0.385. The van der Waals surface area contributed by atoms with Gasteiger partial charge in [0.2, 0.25) is 5.91 Å². The molecule has 0 bridgehead atoms. The minimum Gasteiger partial charge on any atom is -0.293 e. The summed E-state index contributed by atoms with van der Waals surface area (Å²) in [7, 11) is 0. The third-order valence-electron chi connectivity index (χ3n) is 3.23. The molecule has 1 saturated heterocycles. The summed E-state index contributed by atoms with van der Waals surface area (Å²) < 4.78 is 0. The molecular weight excluding hydrogens is 216 g/mol. The highest BCUT2D eigenvalue weighted by atomic mass is 16.2. The first-order valence-corrected chi connectivity index (χ1v) is 5.96. The highest BCUT2D eigenvalue weighted by Gasteiger charge is 2.42. The highest BCUT2D eigenvalue weighted by Crippen LogP contribution is 2.31. The molecule has 1 aliphatic carbocycles. The number of carbonyl (C=O) groups is 2. The summed E-state index contributed by atoms with van der Waals surface area (Å²) in [5.41, 5.74) is 0.871. The van der Waals surface area contributed by atoms with Gasteiger partial charge in [-0.05, 0) is 25.0 Å². The molecule has 0 N–H and O–H groups in total. The zero-order valence-electron chi connectivity index (χ0n) is 9.50. The molecule has 88 valence electrons. The van der Waals surface area contributed by atoms with E-state index in [0.29, 0.717) is 13.0 Å². The molecule has 0 aromatic heterocycles. The van der Waals surface area contributed by atoms with Crippen LogP contribution in [0.2, 0.25) is 0 Å². The predicted octanol–water partition coefficient (Wildman–Crippen LogP) is 2.01. The summed E-state index contributed by atoms with van der Waals surface area (Å²) in [5, 5.41) is 0. The van der Waals surface area contributed by atoms with E-state index in [1.54, 1.807) is 4.90 Å². The number of hydrogen-bond donors (Lipinski definition) is 0. The van der Waals surface area contributed by atoms with E-state index in [1.165, 1.54) is 4.90 Å². The number of amides is 3. The van der Waals surface area contributed by atoms with Crippen molar-refractivity contribution in [1.29, 1.82) is 0 Å². The number of hydrogen-bond acceptors (Lipinski definition) is 2. The third kappa shape index (κ3) is 1.79. The van der Waals surface area contributed by atoms with E-state index in [-0.39, 0.29) is 18.0 Å². The smallest absolute Gasteiger partial charge is 0.293 e. The molecule has 0 spiro atoms. The molecule has 2 fully saturated rings. The molecule has 4 nitrogen and oxygen atoms in total. The van der Waals surface area contributed by atoms with Crippen molar-refractivity contribution in [2.45, 2.75) is 25.3 Å². The van der Waals surface area contributed by atoms with Crippen LogP contribution >= 0.6 is 0 Å². The summed E-state index contributed by atoms with van der Waals surface area (Å²) in [6, 6.07) is 9.52. The fourth-order valence-corrected chi connectivity index (χ4v) is 2.20. The molecule has 3 amide bonds. The molecule has 0 atom stereocenters. The lowest BCUT2D eigenvalue weighted by molar-refractivity contribution is -0.129. The first kappa shape index (κ1) is 10.3. The zero-order chi connectivity index (χ0) is 11.8. The molecule has 4 heteroatoms. The molecule has 0 unspecified atom stereocenters. The van der Waals surface area contributed by atoms with Gasteiger partial charge in [-0.3, -0.25) is 14.6 Å². The third-order valence-corrected chi connectivity index (χ3v) is 3.23. The summed E-state index contributed by atoms with van der Waals surface area (Å²) in [4.78, 5) is 27.1. The topological polar surface area (TPSA) is 40.6 Å². The van der Waals surface area contributed by atoms with Gasteiger partial charge in [-0.1, -0.05) is 18.2 Å². The molecule has 1 aromatic carbocycles. The van der Waals surface area contributed by atoms with E-state index in [0.717, 1.165) is 18.5 Å². The average molecular weight is 230 g/mol. The lowest BCUT2D eigenvalue weighted by Gasteiger charge is -2.34. The Bertz CT molecular complexity index is 454. The van der Waals surface area contributed by atoms with Crippen molar-refractivity contribution in [3.8, 4) is 0 Å². The van der Waals surface area contributed by atoms with Crippen LogP contribution in [0.1, 0.15) is 19.3 Å². The van der Waals surface area contributed by atoms with Gasteiger partial charge in [0.25, 0.3) is 0 Å². The number of rotatable bonds is 2. The molecule has 1 saturated carbocycles. The van der Waals surface area contributed by atoms with Crippen molar-refractivity contribution >= 4 is 17.6 Å². The van der Waals surface area contributed by atoms with Crippen molar-refractivity contribution in [2.24, 2.45) is 0 Å².